The summed E-state index contributed by atoms with van der Waals surface area (Å²) in [5.41, 5.74) is 11.0. The third-order valence-corrected chi connectivity index (χ3v) is 1.98. The van der Waals surface area contributed by atoms with E-state index >= 15 is 0 Å². The SMILES string of the molecule is Cl.NCC[C@@H](N)c1ccc(F)c(F)c1O. The van der Waals surface area contributed by atoms with E-state index in [1.807, 2.05) is 0 Å². The lowest BCUT2D eigenvalue weighted by Gasteiger charge is -2.12. The van der Waals surface area contributed by atoms with Crippen molar-refractivity contribution in [1.82, 2.24) is 0 Å². The fourth-order valence-corrected chi connectivity index (χ4v) is 1.19. The summed E-state index contributed by atoms with van der Waals surface area (Å²) >= 11 is 0. The molecule has 0 aromatic heterocycles. The van der Waals surface area contributed by atoms with Crippen LogP contribution in [-0.4, -0.2) is 11.7 Å². The van der Waals surface area contributed by atoms with E-state index in [1.165, 1.54) is 6.07 Å². The van der Waals surface area contributed by atoms with Crippen LogP contribution >= 0.6 is 12.4 Å². The van der Waals surface area contributed by atoms with Gasteiger partial charge in [0.05, 0.1) is 0 Å². The van der Waals surface area contributed by atoms with Crippen LogP contribution in [0.25, 0.3) is 0 Å². The third kappa shape index (κ3) is 3.02. The Labute approximate surface area is 92.5 Å². The Hall–Kier alpha value is -0.910. The molecule has 0 saturated heterocycles. The van der Waals surface area contributed by atoms with Crippen LogP contribution in [0.5, 0.6) is 5.75 Å². The molecule has 0 aliphatic rings. The molecule has 0 amide bonds. The van der Waals surface area contributed by atoms with Crippen molar-refractivity contribution in [2.75, 3.05) is 6.54 Å². The van der Waals surface area contributed by atoms with Gasteiger partial charge in [0.1, 0.15) is 0 Å². The first-order valence-corrected chi connectivity index (χ1v) is 4.20. The molecular formula is C9H13ClF2N2O. The molecule has 0 bridgehead atoms. The van der Waals surface area contributed by atoms with Gasteiger partial charge in [-0.2, -0.15) is 4.39 Å². The van der Waals surface area contributed by atoms with Crippen LogP contribution in [0.15, 0.2) is 12.1 Å². The molecule has 3 nitrogen and oxygen atoms in total. The Morgan fingerprint density at radius 3 is 2.47 bits per heavy atom. The van der Waals surface area contributed by atoms with Crippen LogP contribution in [0.4, 0.5) is 8.78 Å². The van der Waals surface area contributed by atoms with Gasteiger partial charge in [-0.3, -0.25) is 0 Å². The maximum Gasteiger partial charge on any atom is 0.200 e. The van der Waals surface area contributed by atoms with Crippen LogP contribution in [0.2, 0.25) is 0 Å². The molecule has 1 atom stereocenters. The molecule has 0 heterocycles. The molecule has 0 spiro atoms. The predicted octanol–water partition coefficient (Wildman–Crippen LogP) is 1.44. The van der Waals surface area contributed by atoms with Crippen molar-refractivity contribution < 1.29 is 13.9 Å². The van der Waals surface area contributed by atoms with E-state index in [9.17, 15) is 13.9 Å². The third-order valence-electron chi connectivity index (χ3n) is 1.98. The van der Waals surface area contributed by atoms with Crippen LogP contribution in [-0.2, 0) is 0 Å². The number of halogens is 3. The number of nitrogens with two attached hydrogens (primary N) is 2. The lowest BCUT2D eigenvalue weighted by molar-refractivity contribution is 0.396. The molecule has 0 aliphatic carbocycles. The van der Waals surface area contributed by atoms with E-state index < -0.39 is 23.4 Å². The average Bonchev–Trinajstić information content (AvgIpc) is 2.15. The van der Waals surface area contributed by atoms with Crippen LogP contribution in [0, 0.1) is 11.6 Å². The first-order valence-electron chi connectivity index (χ1n) is 4.20. The minimum Gasteiger partial charge on any atom is -0.505 e. The Morgan fingerprint density at radius 1 is 1.33 bits per heavy atom. The number of rotatable bonds is 3. The van der Waals surface area contributed by atoms with Crippen LogP contribution in [0.1, 0.15) is 18.0 Å². The van der Waals surface area contributed by atoms with Crippen molar-refractivity contribution in [3.63, 3.8) is 0 Å². The van der Waals surface area contributed by atoms with Gasteiger partial charge in [-0.25, -0.2) is 4.39 Å². The molecular weight excluding hydrogens is 226 g/mol. The van der Waals surface area contributed by atoms with Gasteiger partial charge in [0.15, 0.2) is 11.6 Å². The molecule has 0 fully saturated rings. The predicted molar refractivity (Wildman–Crippen MR) is 55.9 cm³/mol. The molecule has 0 aliphatic heterocycles. The highest BCUT2D eigenvalue weighted by Crippen LogP contribution is 2.28. The number of aromatic hydroxyl groups is 1. The van der Waals surface area contributed by atoms with Gasteiger partial charge >= 0.3 is 0 Å². The first kappa shape index (κ1) is 14.1. The van der Waals surface area contributed by atoms with E-state index in [0.29, 0.717) is 13.0 Å². The van der Waals surface area contributed by atoms with Gasteiger partial charge < -0.3 is 16.6 Å². The summed E-state index contributed by atoms with van der Waals surface area (Å²) < 4.78 is 25.5. The molecule has 86 valence electrons. The van der Waals surface area contributed by atoms with Gasteiger partial charge in [-0.15, -0.1) is 12.4 Å². The monoisotopic (exact) mass is 238 g/mol. The lowest BCUT2D eigenvalue weighted by atomic mass is 10.0. The van der Waals surface area contributed by atoms with Gasteiger partial charge in [0.2, 0.25) is 5.82 Å². The van der Waals surface area contributed by atoms with Crippen molar-refractivity contribution in [2.45, 2.75) is 12.5 Å². The molecule has 6 heteroatoms. The molecule has 5 N–H and O–H groups in total. The van der Waals surface area contributed by atoms with Crippen molar-refractivity contribution in [1.29, 1.82) is 0 Å². The molecule has 0 radical (unpaired) electrons. The van der Waals surface area contributed by atoms with Crippen molar-refractivity contribution in [3.05, 3.63) is 29.3 Å². The van der Waals surface area contributed by atoms with Gasteiger partial charge in [-0.1, -0.05) is 6.07 Å². The number of hydrogen-bond donors (Lipinski definition) is 3. The largest absolute Gasteiger partial charge is 0.505 e. The summed E-state index contributed by atoms with van der Waals surface area (Å²) in [4.78, 5) is 0. The summed E-state index contributed by atoms with van der Waals surface area (Å²) in [6.45, 7) is 0.319. The van der Waals surface area contributed by atoms with Crippen LogP contribution < -0.4 is 11.5 Å². The van der Waals surface area contributed by atoms with Gasteiger partial charge in [0.25, 0.3) is 0 Å². The lowest BCUT2D eigenvalue weighted by Crippen LogP contribution is -2.15. The fourth-order valence-electron chi connectivity index (χ4n) is 1.19. The second-order valence-corrected chi connectivity index (χ2v) is 2.98. The highest BCUT2D eigenvalue weighted by Gasteiger charge is 2.16. The summed E-state index contributed by atoms with van der Waals surface area (Å²) in [5, 5.41) is 9.24. The topological polar surface area (TPSA) is 72.3 Å². The molecule has 0 unspecified atom stereocenters. The smallest absolute Gasteiger partial charge is 0.200 e. The fraction of sp³-hybridized carbons (Fsp3) is 0.333. The van der Waals surface area contributed by atoms with E-state index in [4.69, 9.17) is 11.5 Å². The summed E-state index contributed by atoms with van der Waals surface area (Å²) in [5.74, 6) is -3.09. The first-order chi connectivity index (χ1) is 6.57. The Morgan fingerprint density at radius 2 is 1.93 bits per heavy atom. The second kappa shape index (κ2) is 5.85. The van der Waals surface area contributed by atoms with E-state index in [2.05, 4.69) is 0 Å². The molecule has 0 saturated carbocycles. The minimum atomic E-state index is -1.27. The van der Waals surface area contributed by atoms with E-state index in [-0.39, 0.29) is 18.0 Å². The summed E-state index contributed by atoms with van der Waals surface area (Å²) in [6.07, 6.45) is 0.401. The van der Waals surface area contributed by atoms with Gasteiger partial charge in [0, 0.05) is 11.6 Å². The summed E-state index contributed by atoms with van der Waals surface area (Å²) in [7, 11) is 0. The molecule has 1 rings (SSSR count). The maximum atomic E-state index is 12.9. The second-order valence-electron chi connectivity index (χ2n) is 2.98. The molecule has 15 heavy (non-hydrogen) atoms. The molecule has 1 aromatic rings. The Bertz CT molecular complexity index is 336. The maximum absolute atomic E-state index is 12.9. The Balaban J connectivity index is 0.00000196. The highest BCUT2D eigenvalue weighted by atomic mass is 35.5. The van der Waals surface area contributed by atoms with Gasteiger partial charge in [-0.05, 0) is 19.0 Å². The quantitative estimate of drug-likeness (QED) is 0.746. The number of hydrogen-bond acceptors (Lipinski definition) is 3. The van der Waals surface area contributed by atoms with Crippen molar-refractivity contribution in [2.24, 2.45) is 11.5 Å². The van der Waals surface area contributed by atoms with Crippen molar-refractivity contribution >= 4 is 12.4 Å². The number of benzene rings is 1. The van der Waals surface area contributed by atoms with E-state index in [1.54, 1.807) is 0 Å². The highest BCUT2D eigenvalue weighted by molar-refractivity contribution is 5.85. The van der Waals surface area contributed by atoms with Crippen molar-refractivity contribution in [3.8, 4) is 5.75 Å². The summed E-state index contributed by atoms with van der Waals surface area (Å²) in [6, 6.07) is 1.62. The van der Waals surface area contributed by atoms with E-state index in [0.717, 1.165) is 6.07 Å². The number of phenols is 1. The average molecular weight is 239 g/mol. The Kier molecular flexibility index (Phi) is 5.49. The zero-order valence-electron chi connectivity index (χ0n) is 7.91. The van der Waals surface area contributed by atoms with Crippen LogP contribution in [0.3, 0.4) is 0 Å². The number of phenolic OH excluding ortho intramolecular Hbond substituents is 1. The standard InChI is InChI=1S/C9H12F2N2O.ClH/c10-6-2-1-5(7(13)3-4-12)9(14)8(6)11;/h1-2,7,14H,3-4,12-13H2;1H/t7-;/m1./s1. The minimum absolute atomic E-state index is 0. The normalized spacial score (nSPS) is 12.0. The molecule has 1 aromatic carbocycles. The zero-order valence-corrected chi connectivity index (χ0v) is 8.73. The zero-order chi connectivity index (χ0) is 10.7.